The lowest BCUT2D eigenvalue weighted by molar-refractivity contribution is 0.170. The van der Waals surface area contributed by atoms with E-state index in [9.17, 15) is 0 Å². The summed E-state index contributed by atoms with van der Waals surface area (Å²) < 4.78 is 0. The maximum Gasteiger partial charge on any atom is 0.223 e. The van der Waals surface area contributed by atoms with Crippen LogP contribution in [-0.2, 0) is 0 Å². The Hall–Kier alpha value is -2.99. The van der Waals surface area contributed by atoms with E-state index >= 15 is 0 Å². The smallest absolute Gasteiger partial charge is 0.223 e. The maximum absolute atomic E-state index is 4.84. The Bertz CT molecular complexity index is 1210. The van der Waals surface area contributed by atoms with Crippen LogP contribution in [-0.4, -0.2) is 37.1 Å². The SMILES string of the molecule is CC1(C)CC(Nc2nccc(-c3cnc4c3ccc3ccc[nH]c34)n2)CC(C)(C)N1. The van der Waals surface area contributed by atoms with Crippen LogP contribution < -0.4 is 10.6 Å². The Balaban J connectivity index is 1.48. The van der Waals surface area contributed by atoms with E-state index in [4.69, 9.17) is 4.98 Å². The molecule has 154 valence electrons. The summed E-state index contributed by atoms with van der Waals surface area (Å²) in [4.78, 5) is 17.4. The molecular formula is C24H28N6. The standard InChI is InChI=1S/C24H28N6/c1-23(2)12-16(13-24(3,4)30-23)28-22-26-11-9-19(29-22)18-14-27-21-17(18)8-7-15-6-5-10-25-20(15)21/h5-11,14,16,25,30H,12-13H2,1-4H3,(H,26,28,29). The van der Waals surface area contributed by atoms with Crippen molar-refractivity contribution in [2.75, 3.05) is 5.32 Å². The normalized spacial score (nSPS) is 18.7. The molecule has 3 aromatic heterocycles. The van der Waals surface area contributed by atoms with E-state index < -0.39 is 0 Å². The Labute approximate surface area is 176 Å². The third kappa shape index (κ3) is 3.52. The van der Waals surface area contributed by atoms with Crippen molar-refractivity contribution in [2.24, 2.45) is 0 Å². The number of benzene rings is 1. The Morgan fingerprint density at radius 3 is 2.60 bits per heavy atom. The monoisotopic (exact) mass is 400 g/mol. The van der Waals surface area contributed by atoms with E-state index in [1.807, 2.05) is 30.7 Å². The second kappa shape index (κ2) is 6.77. The van der Waals surface area contributed by atoms with Crippen molar-refractivity contribution < 1.29 is 0 Å². The van der Waals surface area contributed by atoms with Gasteiger partial charge in [0.25, 0.3) is 0 Å². The van der Waals surface area contributed by atoms with Crippen LogP contribution in [0.25, 0.3) is 33.1 Å². The molecule has 5 rings (SSSR count). The van der Waals surface area contributed by atoms with Crippen molar-refractivity contribution in [2.45, 2.75) is 57.7 Å². The highest BCUT2D eigenvalue weighted by Crippen LogP contribution is 2.33. The summed E-state index contributed by atoms with van der Waals surface area (Å²) in [5.74, 6) is 0.674. The number of piperidine rings is 1. The van der Waals surface area contributed by atoms with Gasteiger partial charge in [0.2, 0.25) is 5.95 Å². The average Bonchev–Trinajstić information content (AvgIpc) is 3.10. The highest BCUT2D eigenvalue weighted by Gasteiger charge is 2.37. The predicted octanol–water partition coefficient (Wildman–Crippen LogP) is 4.89. The molecule has 0 radical (unpaired) electrons. The molecule has 0 bridgehead atoms. The van der Waals surface area contributed by atoms with Crippen LogP contribution in [0.2, 0.25) is 0 Å². The molecule has 4 aromatic rings. The molecule has 6 heteroatoms. The number of pyridine rings is 1. The first-order valence-corrected chi connectivity index (χ1v) is 10.5. The van der Waals surface area contributed by atoms with Gasteiger partial charge in [-0.3, -0.25) is 4.98 Å². The van der Waals surface area contributed by atoms with Crippen LogP contribution >= 0.6 is 0 Å². The molecule has 1 saturated heterocycles. The number of hydrogen-bond donors (Lipinski definition) is 3. The fourth-order valence-corrected chi connectivity index (χ4v) is 5.12. The van der Waals surface area contributed by atoms with Crippen molar-refractivity contribution in [3.8, 4) is 11.3 Å². The van der Waals surface area contributed by atoms with E-state index in [0.29, 0.717) is 12.0 Å². The van der Waals surface area contributed by atoms with Crippen LogP contribution in [0.15, 0.2) is 48.9 Å². The number of aromatic nitrogens is 4. The highest BCUT2D eigenvalue weighted by molar-refractivity contribution is 6.08. The van der Waals surface area contributed by atoms with Gasteiger partial charge in [-0.2, -0.15) is 0 Å². The molecule has 1 aromatic carbocycles. The van der Waals surface area contributed by atoms with Gasteiger partial charge in [-0.1, -0.05) is 18.2 Å². The van der Waals surface area contributed by atoms with Gasteiger partial charge in [0, 0.05) is 52.0 Å². The van der Waals surface area contributed by atoms with Crippen molar-refractivity contribution in [3.63, 3.8) is 0 Å². The summed E-state index contributed by atoms with van der Waals surface area (Å²) in [6, 6.07) is 10.6. The van der Waals surface area contributed by atoms with Gasteiger partial charge in [0.05, 0.1) is 16.7 Å². The second-order valence-corrected chi connectivity index (χ2v) is 9.68. The number of nitrogens with one attached hydrogen (secondary N) is 3. The average molecular weight is 401 g/mol. The molecule has 0 saturated carbocycles. The molecule has 6 nitrogen and oxygen atoms in total. The number of anilines is 1. The van der Waals surface area contributed by atoms with E-state index in [1.54, 1.807) is 0 Å². The van der Waals surface area contributed by atoms with E-state index in [1.165, 1.54) is 0 Å². The maximum atomic E-state index is 4.84. The van der Waals surface area contributed by atoms with Gasteiger partial charge in [-0.25, -0.2) is 9.97 Å². The fraction of sp³-hybridized carbons (Fsp3) is 0.375. The quantitative estimate of drug-likeness (QED) is 0.456. The van der Waals surface area contributed by atoms with E-state index in [0.717, 1.165) is 45.9 Å². The first-order valence-electron chi connectivity index (χ1n) is 10.5. The molecule has 1 fully saturated rings. The summed E-state index contributed by atoms with van der Waals surface area (Å²) >= 11 is 0. The van der Waals surface area contributed by atoms with Crippen LogP contribution in [0.1, 0.15) is 40.5 Å². The van der Waals surface area contributed by atoms with Gasteiger partial charge in [-0.05, 0) is 52.7 Å². The molecule has 1 aliphatic rings. The zero-order valence-corrected chi connectivity index (χ0v) is 18.0. The summed E-state index contributed by atoms with van der Waals surface area (Å²) in [5.41, 5.74) is 4.07. The molecular weight excluding hydrogens is 372 g/mol. The van der Waals surface area contributed by atoms with Gasteiger partial charge in [-0.15, -0.1) is 0 Å². The minimum atomic E-state index is 0.0698. The molecule has 1 aliphatic heterocycles. The summed E-state index contributed by atoms with van der Waals surface area (Å²) in [6.45, 7) is 9.01. The number of aromatic amines is 1. The lowest BCUT2D eigenvalue weighted by Crippen LogP contribution is -2.60. The van der Waals surface area contributed by atoms with Crippen molar-refractivity contribution in [1.82, 2.24) is 25.3 Å². The first kappa shape index (κ1) is 19.0. The predicted molar refractivity (Wildman–Crippen MR) is 123 cm³/mol. The summed E-state index contributed by atoms with van der Waals surface area (Å²) in [6.07, 6.45) is 7.71. The van der Waals surface area contributed by atoms with E-state index in [-0.39, 0.29) is 11.1 Å². The minimum Gasteiger partial charge on any atom is -0.359 e. The summed E-state index contributed by atoms with van der Waals surface area (Å²) in [5, 5.41) is 9.55. The van der Waals surface area contributed by atoms with E-state index in [2.05, 4.69) is 71.5 Å². The van der Waals surface area contributed by atoms with Gasteiger partial charge < -0.3 is 15.6 Å². The zero-order chi connectivity index (χ0) is 20.9. The second-order valence-electron chi connectivity index (χ2n) is 9.68. The number of hydrogen-bond acceptors (Lipinski definition) is 5. The Morgan fingerprint density at radius 2 is 1.80 bits per heavy atom. The number of rotatable bonds is 3. The van der Waals surface area contributed by atoms with Crippen LogP contribution in [0.5, 0.6) is 0 Å². The molecule has 0 aliphatic carbocycles. The lowest BCUT2D eigenvalue weighted by Gasteiger charge is -2.46. The molecule has 4 heterocycles. The molecule has 0 amide bonds. The molecule has 30 heavy (non-hydrogen) atoms. The topological polar surface area (TPSA) is 78.5 Å². The van der Waals surface area contributed by atoms with Crippen LogP contribution in [0.3, 0.4) is 0 Å². The number of fused-ring (bicyclic) bond motifs is 3. The molecule has 0 spiro atoms. The fourth-order valence-electron chi connectivity index (χ4n) is 5.12. The lowest BCUT2D eigenvalue weighted by atomic mass is 9.80. The Morgan fingerprint density at radius 1 is 1.00 bits per heavy atom. The van der Waals surface area contributed by atoms with Gasteiger partial charge in [0.15, 0.2) is 0 Å². The Kier molecular flexibility index (Phi) is 4.29. The van der Waals surface area contributed by atoms with Crippen LogP contribution in [0, 0.1) is 0 Å². The minimum absolute atomic E-state index is 0.0698. The summed E-state index contributed by atoms with van der Waals surface area (Å²) in [7, 11) is 0. The van der Waals surface area contributed by atoms with Crippen molar-refractivity contribution >= 4 is 27.8 Å². The highest BCUT2D eigenvalue weighted by atomic mass is 15.2. The molecule has 3 N–H and O–H groups in total. The zero-order valence-electron chi connectivity index (χ0n) is 18.0. The number of H-pyrrole nitrogens is 1. The first-order chi connectivity index (χ1) is 14.3. The van der Waals surface area contributed by atoms with Crippen molar-refractivity contribution in [1.29, 1.82) is 0 Å². The van der Waals surface area contributed by atoms with Gasteiger partial charge >= 0.3 is 0 Å². The molecule has 0 atom stereocenters. The van der Waals surface area contributed by atoms with Gasteiger partial charge in [0.1, 0.15) is 0 Å². The van der Waals surface area contributed by atoms with Crippen LogP contribution in [0.4, 0.5) is 5.95 Å². The molecule has 0 unspecified atom stereocenters. The van der Waals surface area contributed by atoms with Crippen molar-refractivity contribution in [3.05, 3.63) is 48.9 Å². The number of nitrogens with zero attached hydrogens (tertiary/aromatic N) is 3. The third-order valence-electron chi connectivity index (χ3n) is 5.88. The largest absolute Gasteiger partial charge is 0.359 e. The third-order valence-corrected chi connectivity index (χ3v) is 5.88.